The average Bonchev–Trinajstić information content (AvgIpc) is 1.94. The van der Waals surface area contributed by atoms with Gasteiger partial charge in [-0.15, -0.1) is 0 Å². The highest BCUT2D eigenvalue weighted by Gasteiger charge is 2.11. The van der Waals surface area contributed by atoms with Gasteiger partial charge in [-0.25, -0.2) is 4.39 Å². The first-order valence-electron chi connectivity index (χ1n) is 2.72. The zero-order valence-corrected chi connectivity index (χ0v) is 6.10. The molecule has 0 saturated carbocycles. The SMILES string of the molecule is O=[N+]([O-])c1cc(F)ccc1[S]. The molecule has 0 atom stereocenters. The van der Waals surface area contributed by atoms with E-state index in [-0.39, 0.29) is 10.6 Å². The quantitative estimate of drug-likeness (QED) is 0.481. The fourth-order valence-electron chi connectivity index (χ4n) is 0.633. The lowest BCUT2D eigenvalue weighted by atomic mass is 10.3. The van der Waals surface area contributed by atoms with E-state index < -0.39 is 10.7 Å². The summed E-state index contributed by atoms with van der Waals surface area (Å²) in [4.78, 5) is 9.50. The van der Waals surface area contributed by atoms with Crippen molar-refractivity contribution in [3.63, 3.8) is 0 Å². The summed E-state index contributed by atoms with van der Waals surface area (Å²) in [6, 6.07) is 3.10. The van der Waals surface area contributed by atoms with Gasteiger partial charge >= 0.3 is 0 Å². The summed E-state index contributed by atoms with van der Waals surface area (Å²) in [5.41, 5.74) is -0.361. The summed E-state index contributed by atoms with van der Waals surface area (Å²) >= 11 is 4.58. The Bertz CT molecular complexity index is 303. The Morgan fingerprint density at radius 1 is 1.55 bits per heavy atom. The molecule has 1 aromatic carbocycles. The van der Waals surface area contributed by atoms with Crippen molar-refractivity contribution in [3.05, 3.63) is 34.1 Å². The van der Waals surface area contributed by atoms with Crippen LogP contribution in [0, 0.1) is 15.9 Å². The van der Waals surface area contributed by atoms with E-state index in [4.69, 9.17) is 0 Å². The van der Waals surface area contributed by atoms with E-state index in [1.165, 1.54) is 6.07 Å². The number of benzene rings is 1. The molecule has 5 heteroatoms. The summed E-state index contributed by atoms with van der Waals surface area (Å²) in [5, 5.41) is 10.1. The third-order valence-electron chi connectivity index (χ3n) is 1.12. The van der Waals surface area contributed by atoms with Crippen molar-refractivity contribution in [3.8, 4) is 0 Å². The largest absolute Gasteiger partial charge is 0.290 e. The Morgan fingerprint density at radius 2 is 2.18 bits per heavy atom. The van der Waals surface area contributed by atoms with Gasteiger partial charge in [0, 0.05) is 0 Å². The molecular formula is C6H3FNO2S. The van der Waals surface area contributed by atoms with Crippen LogP contribution in [0.15, 0.2) is 23.1 Å². The Kier molecular flexibility index (Phi) is 2.00. The lowest BCUT2D eigenvalue weighted by molar-refractivity contribution is -0.387. The van der Waals surface area contributed by atoms with Gasteiger partial charge in [-0.05, 0) is 12.1 Å². The van der Waals surface area contributed by atoms with E-state index in [0.717, 1.165) is 12.1 Å². The maximum absolute atomic E-state index is 12.4. The maximum atomic E-state index is 12.4. The molecule has 0 heterocycles. The standard InChI is InChI=1S/C6H3FNO2S/c7-4-1-2-6(11)5(3-4)8(9)10/h1-3H. The minimum Gasteiger partial charge on any atom is -0.258 e. The summed E-state index contributed by atoms with van der Waals surface area (Å²) in [5.74, 6) is -0.648. The van der Waals surface area contributed by atoms with Gasteiger partial charge < -0.3 is 0 Å². The number of nitro groups is 1. The van der Waals surface area contributed by atoms with Crippen LogP contribution in [0.5, 0.6) is 0 Å². The van der Waals surface area contributed by atoms with Gasteiger partial charge in [-0.3, -0.25) is 10.1 Å². The van der Waals surface area contributed by atoms with Crippen molar-refractivity contribution in [1.29, 1.82) is 0 Å². The zero-order valence-electron chi connectivity index (χ0n) is 5.28. The minimum absolute atomic E-state index is 0.0522. The second-order valence-corrected chi connectivity index (χ2v) is 2.31. The molecule has 0 spiro atoms. The van der Waals surface area contributed by atoms with Crippen molar-refractivity contribution in [2.75, 3.05) is 0 Å². The monoisotopic (exact) mass is 172 g/mol. The Morgan fingerprint density at radius 3 is 2.64 bits per heavy atom. The van der Waals surface area contributed by atoms with Crippen molar-refractivity contribution < 1.29 is 9.31 Å². The van der Waals surface area contributed by atoms with Gasteiger partial charge in [0.2, 0.25) is 0 Å². The molecule has 0 aliphatic rings. The molecule has 0 N–H and O–H groups in total. The fourth-order valence-corrected chi connectivity index (χ4v) is 0.835. The van der Waals surface area contributed by atoms with Crippen molar-refractivity contribution >= 4 is 18.3 Å². The first-order valence-corrected chi connectivity index (χ1v) is 3.13. The van der Waals surface area contributed by atoms with Gasteiger partial charge in [-0.1, -0.05) is 12.6 Å². The Balaban J connectivity index is 3.23. The van der Waals surface area contributed by atoms with Crippen LogP contribution in [0.1, 0.15) is 0 Å². The number of rotatable bonds is 1. The van der Waals surface area contributed by atoms with E-state index in [1.807, 2.05) is 0 Å². The van der Waals surface area contributed by atoms with Crippen LogP contribution < -0.4 is 0 Å². The average molecular weight is 172 g/mol. The van der Waals surface area contributed by atoms with E-state index in [0.29, 0.717) is 0 Å². The summed E-state index contributed by atoms with van der Waals surface area (Å²) in [6.07, 6.45) is 0. The highest BCUT2D eigenvalue weighted by atomic mass is 32.1. The second-order valence-electron chi connectivity index (χ2n) is 1.87. The van der Waals surface area contributed by atoms with Crippen molar-refractivity contribution in [1.82, 2.24) is 0 Å². The smallest absolute Gasteiger partial charge is 0.258 e. The molecular weight excluding hydrogens is 169 g/mol. The molecule has 1 aromatic rings. The van der Waals surface area contributed by atoms with E-state index in [1.54, 1.807) is 0 Å². The molecule has 0 amide bonds. The van der Waals surface area contributed by atoms with E-state index in [2.05, 4.69) is 12.6 Å². The molecule has 1 radical (unpaired) electrons. The van der Waals surface area contributed by atoms with Crippen LogP contribution in [0.4, 0.5) is 10.1 Å². The predicted molar refractivity (Wildman–Crippen MR) is 38.9 cm³/mol. The molecule has 0 aliphatic heterocycles. The van der Waals surface area contributed by atoms with Crippen LogP contribution in [0.25, 0.3) is 0 Å². The van der Waals surface area contributed by atoms with Gasteiger partial charge in [0.1, 0.15) is 10.7 Å². The molecule has 1 rings (SSSR count). The normalized spacial score (nSPS) is 9.55. The van der Waals surface area contributed by atoms with Crippen LogP contribution in [-0.2, 0) is 0 Å². The molecule has 57 valence electrons. The second kappa shape index (κ2) is 2.79. The van der Waals surface area contributed by atoms with Gasteiger partial charge in [-0.2, -0.15) is 0 Å². The van der Waals surface area contributed by atoms with Crippen LogP contribution in [-0.4, -0.2) is 4.92 Å². The third-order valence-corrected chi connectivity index (χ3v) is 1.46. The highest BCUT2D eigenvalue weighted by Crippen LogP contribution is 2.22. The lowest BCUT2D eigenvalue weighted by Crippen LogP contribution is -1.89. The maximum Gasteiger partial charge on any atom is 0.290 e. The molecule has 0 bridgehead atoms. The molecule has 0 fully saturated rings. The number of nitrogens with zero attached hydrogens (tertiary/aromatic N) is 1. The first-order chi connectivity index (χ1) is 5.11. The van der Waals surface area contributed by atoms with Crippen LogP contribution >= 0.6 is 12.6 Å². The topological polar surface area (TPSA) is 43.1 Å². The molecule has 0 unspecified atom stereocenters. The van der Waals surface area contributed by atoms with Gasteiger partial charge in [0.05, 0.1) is 11.0 Å². The number of halogens is 1. The Hall–Kier alpha value is -1.23. The first kappa shape index (κ1) is 7.87. The lowest BCUT2D eigenvalue weighted by Gasteiger charge is -1.92. The predicted octanol–water partition coefficient (Wildman–Crippen LogP) is 2.29. The number of nitro benzene ring substituents is 1. The van der Waals surface area contributed by atoms with E-state index >= 15 is 0 Å². The van der Waals surface area contributed by atoms with Crippen LogP contribution in [0.3, 0.4) is 0 Å². The highest BCUT2D eigenvalue weighted by molar-refractivity contribution is 7.80. The number of hydrogen-bond donors (Lipinski definition) is 0. The molecule has 0 aromatic heterocycles. The van der Waals surface area contributed by atoms with Gasteiger partial charge in [0.15, 0.2) is 0 Å². The summed E-state index contributed by atoms with van der Waals surface area (Å²) in [7, 11) is 0. The molecule has 11 heavy (non-hydrogen) atoms. The number of hydrogen-bond acceptors (Lipinski definition) is 2. The Labute approximate surface area is 67.4 Å². The summed E-state index contributed by atoms with van der Waals surface area (Å²) in [6.45, 7) is 0. The van der Waals surface area contributed by atoms with E-state index in [9.17, 15) is 14.5 Å². The minimum atomic E-state index is -0.703. The molecule has 0 saturated heterocycles. The fraction of sp³-hybridized carbons (Fsp3) is 0. The zero-order chi connectivity index (χ0) is 8.43. The molecule has 0 aliphatic carbocycles. The molecule has 3 nitrogen and oxygen atoms in total. The van der Waals surface area contributed by atoms with Crippen LogP contribution in [0.2, 0.25) is 0 Å². The van der Waals surface area contributed by atoms with Crippen molar-refractivity contribution in [2.45, 2.75) is 4.90 Å². The third kappa shape index (κ3) is 1.62. The van der Waals surface area contributed by atoms with Crippen molar-refractivity contribution in [2.24, 2.45) is 0 Å². The summed E-state index contributed by atoms with van der Waals surface area (Å²) < 4.78 is 12.4. The van der Waals surface area contributed by atoms with Gasteiger partial charge in [0.25, 0.3) is 5.69 Å².